The second kappa shape index (κ2) is 13.4. The van der Waals surface area contributed by atoms with E-state index in [1.165, 1.54) is 20.2 Å². The van der Waals surface area contributed by atoms with E-state index in [1.54, 1.807) is 48.3 Å². The van der Waals surface area contributed by atoms with Gasteiger partial charge in [0.1, 0.15) is 17.1 Å². The van der Waals surface area contributed by atoms with Crippen LogP contribution in [0, 0.1) is 5.92 Å². The van der Waals surface area contributed by atoms with Crippen molar-refractivity contribution in [3.63, 3.8) is 0 Å². The molecule has 0 aliphatic carbocycles. The van der Waals surface area contributed by atoms with Crippen LogP contribution in [0.2, 0.25) is 0 Å². The van der Waals surface area contributed by atoms with Crippen molar-refractivity contribution in [3.05, 3.63) is 65.7 Å². The number of rotatable bonds is 4. The van der Waals surface area contributed by atoms with Gasteiger partial charge < -0.3 is 29.7 Å². The number of hydrogen-bond acceptors (Lipinski definition) is 11. The van der Waals surface area contributed by atoms with Crippen LogP contribution in [0.3, 0.4) is 0 Å². The van der Waals surface area contributed by atoms with Crippen molar-refractivity contribution in [1.29, 1.82) is 0 Å². The molecule has 1 aromatic carbocycles. The van der Waals surface area contributed by atoms with E-state index in [2.05, 4.69) is 36.0 Å². The summed E-state index contributed by atoms with van der Waals surface area (Å²) in [6.45, 7) is 4.32. The molecule has 0 fully saturated rings. The van der Waals surface area contributed by atoms with Crippen LogP contribution in [0.1, 0.15) is 35.5 Å². The summed E-state index contributed by atoms with van der Waals surface area (Å²) >= 11 is 0. The van der Waals surface area contributed by atoms with Crippen molar-refractivity contribution >= 4 is 36.6 Å². The summed E-state index contributed by atoms with van der Waals surface area (Å²) in [5.74, 6) is -1.29. The molecule has 0 unspecified atom stereocenters. The molecule has 0 spiro atoms. The zero-order valence-corrected chi connectivity index (χ0v) is 26.3. The van der Waals surface area contributed by atoms with Crippen molar-refractivity contribution < 1.29 is 36.3 Å². The molecular weight excluding hydrogens is 628 g/mol. The highest BCUT2D eigenvalue weighted by atomic mass is 31.2. The lowest BCUT2D eigenvalue weighted by Gasteiger charge is -2.21. The third-order valence-electron chi connectivity index (χ3n) is 6.88. The van der Waals surface area contributed by atoms with Crippen molar-refractivity contribution in [2.45, 2.75) is 32.7 Å². The van der Waals surface area contributed by atoms with E-state index < -0.39 is 31.1 Å². The third kappa shape index (κ3) is 7.46. The highest BCUT2D eigenvalue weighted by Crippen LogP contribution is 2.52. The van der Waals surface area contributed by atoms with E-state index in [-0.39, 0.29) is 48.4 Å². The first-order valence-corrected chi connectivity index (χ1v) is 15.9. The molecule has 13 nitrogen and oxygen atoms in total. The molecule has 0 saturated carbocycles. The largest absolute Gasteiger partial charge is 0.495 e. The molecule has 4 aliphatic rings. The molecule has 8 rings (SSSR count). The molecule has 0 radical (unpaired) electrons. The normalized spacial score (nSPS) is 18.5. The van der Waals surface area contributed by atoms with Crippen molar-refractivity contribution in [1.82, 2.24) is 30.0 Å². The number of nitrogens with one attached hydrogen (secondary N) is 3. The van der Waals surface area contributed by atoms with Gasteiger partial charge in [-0.3, -0.25) is 14.0 Å². The van der Waals surface area contributed by atoms with E-state index in [0.717, 1.165) is 0 Å². The topological polar surface area (TPSA) is 154 Å². The molecule has 4 aliphatic heterocycles. The monoisotopic (exact) mass is 660 g/mol. The fourth-order valence-corrected chi connectivity index (χ4v) is 6.48. The van der Waals surface area contributed by atoms with E-state index in [0.29, 0.717) is 35.2 Å². The summed E-state index contributed by atoms with van der Waals surface area (Å²) in [4.78, 5) is 25.3. The molecular formula is C29H32F3N8O5P. The number of carbonyl (C=O) groups excluding carboxylic acids is 1. The van der Waals surface area contributed by atoms with Gasteiger partial charge in [-0.2, -0.15) is 23.3 Å². The molecule has 8 bridgehead atoms. The number of ether oxygens (including phenoxy) is 1. The molecule has 244 valence electrons. The number of benzene rings is 1. The predicted octanol–water partition coefficient (Wildman–Crippen LogP) is 6.01. The van der Waals surface area contributed by atoms with Crippen molar-refractivity contribution in [2.75, 3.05) is 38.0 Å². The minimum atomic E-state index is -4.83. The second-order valence-corrected chi connectivity index (χ2v) is 12.5. The van der Waals surface area contributed by atoms with Crippen LogP contribution in [0.5, 0.6) is 5.75 Å². The van der Waals surface area contributed by atoms with Crippen molar-refractivity contribution in [3.8, 4) is 17.0 Å². The summed E-state index contributed by atoms with van der Waals surface area (Å²) < 4.78 is 74.5. The van der Waals surface area contributed by atoms with Gasteiger partial charge in [-0.1, -0.05) is 13.0 Å². The van der Waals surface area contributed by atoms with Gasteiger partial charge in [0, 0.05) is 31.5 Å². The van der Waals surface area contributed by atoms with Gasteiger partial charge in [0.05, 0.1) is 49.8 Å². The number of anilines is 4. The molecule has 0 saturated heterocycles. The minimum absolute atomic E-state index is 0.0146. The smallest absolute Gasteiger partial charge is 0.421 e. The summed E-state index contributed by atoms with van der Waals surface area (Å²) in [5.41, 5.74) is 0.491. The van der Waals surface area contributed by atoms with Gasteiger partial charge >= 0.3 is 13.8 Å². The van der Waals surface area contributed by atoms with E-state index in [1.807, 2.05) is 6.92 Å². The molecule has 4 aromatic rings. The van der Waals surface area contributed by atoms with Gasteiger partial charge in [0.15, 0.2) is 5.69 Å². The Bertz CT molecular complexity index is 1780. The number of alkyl halides is 3. The van der Waals surface area contributed by atoms with Gasteiger partial charge in [-0.05, 0) is 42.7 Å². The Hall–Kier alpha value is -4.53. The summed E-state index contributed by atoms with van der Waals surface area (Å²) in [6, 6.07) is 7.85. The average Bonchev–Trinajstić information content (AvgIpc) is 3.48. The summed E-state index contributed by atoms with van der Waals surface area (Å²) in [5, 5.41) is 12.4. The Morgan fingerprint density at radius 2 is 1.96 bits per heavy atom. The second-order valence-electron chi connectivity index (χ2n) is 10.4. The van der Waals surface area contributed by atoms with Gasteiger partial charge in [-0.25, -0.2) is 9.97 Å². The molecule has 46 heavy (non-hydrogen) atoms. The van der Waals surface area contributed by atoms with Crippen LogP contribution in [-0.2, 0) is 32.5 Å². The Labute approximate surface area is 262 Å². The molecule has 3 aromatic heterocycles. The van der Waals surface area contributed by atoms with Gasteiger partial charge in [0.2, 0.25) is 5.95 Å². The molecule has 7 heterocycles. The van der Waals surface area contributed by atoms with Crippen LogP contribution in [0.25, 0.3) is 11.3 Å². The quantitative estimate of drug-likeness (QED) is 0.221. The number of aromatic nitrogens is 5. The number of hydrogen-bond donors (Lipinski definition) is 3. The molecule has 17 heteroatoms. The fourth-order valence-electron chi connectivity index (χ4n) is 4.70. The van der Waals surface area contributed by atoms with Crippen LogP contribution >= 0.6 is 7.60 Å². The number of pyridine rings is 1. The highest BCUT2D eigenvalue weighted by molar-refractivity contribution is 7.53. The lowest BCUT2D eigenvalue weighted by atomic mass is 10.1. The first kappa shape index (κ1) is 32.9. The molecule has 3 N–H and O–H groups in total. The number of nitrogens with zero attached hydrogens (tertiary/aromatic N) is 5. The SMILES string of the molecule is CCO[P@]1(=O)Cc2ccc(c(OC)c2)Nc2ncc(C(F)(F)F)c(n2)Nc2ccc(nc2C(=O)NC)-c2cnn(c2)C[C@@H](C)CO1. The minimum Gasteiger partial charge on any atom is -0.495 e. The van der Waals surface area contributed by atoms with Gasteiger partial charge in [-0.15, -0.1) is 0 Å². The van der Waals surface area contributed by atoms with Crippen LogP contribution < -0.4 is 20.7 Å². The predicted molar refractivity (Wildman–Crippen MR) is 163 cm³/mol. The average molecular weight is 661 g/mol. The fraction of sp³-hybridized carbons (Fsp3) is 0.345. The lowest BCUT2D eigenvalue weighted by molar-refractivity contribution is -0.137. The Balaban J connectivity index is 1.64. The van der Waals surface area contributed by atoms with Crippen LogP contribution in [-0.4, -0.2) is 58.0 Å². The number of halogens is 3. The number of carbonyl (C=O) groups is 1. The third-order valence-corrected chi connectivity index (χ3v) is 8.83. The maximum absolute atomic E-state index is 14.1. The zero-order chi connectivity index (χ0) is 33.1. The Morgan fingerprint density at radius 3 is 2.67 bits per heavy atom. The summed E-state index contributed by atoms with van der Waals surface area (Å²) in [7, 11) is -0.795. The van der Waals surface area contributed by atoms with E-state index in [4.69, 9.17) is 13.8 Å². The maximum atomic E-state index is 14.1. The number of amides is 1. The first-order valence-electron chi connectivity index (χ1n) is 14.2. The molecule has 1 amide bonds. The summed E-state index contributed by atoms with van der Waals surface area (Å²) in [6.07, 6.45) is -0.975. The van der Waals surface area contributed by atoms with Crippen LogP contribution in [0.4, 0.5) is 36.3 Å². The first-order chi connectivity index (χ1) is 21.9. The lowest BCUT2D eigenvalue weighted by Crippen LogP contribution is -2.21. The Kier molecular flexibility index (Phi) is 9.60. The van der Waals surface area contributed by atoms with E-state index in [9.17, 15) is 22.5 Å². The Morgan fingerprint density at radius 1 is 1.17 bits per heavy atom. The standard InChI is InChI=1S/C29H32F3N8O5P/c1-5-44-46(42)16-18-6-7-22(24(10-18)43-4)38-28-34-12-20(29(30,31)32)26(39-28)37-23-9-8-21(36-25(23)27(41)33-3)19-11-35-40(14-19)13-17(2)15-45-46/h6-12,14,17H,5,13,15-16H2,1-4H3,(H,33,41)(H2,34,37,38,39)/t17-,46-/m1/s1. The molecule has 2 atom stereocenters. The zero-order valence-electron chi connectivity index (χ0n) is 25.4. The van der Waals surface area contributed by atoms with E-state index >= 15 is 0 Å². The maximum Gasteiger partial charge on any atom is 0.421 e. The number of methoxy groups -OCH3 is 1. The highest BCUT2D eigenvalue weighted by Gasteiger charge is 2.36. The van der Waals surface area contributed by atoms with Crippen molar-refractivity contribution in [2.24, 2.45) is 5.92 Å². The van der Waals surface area contributed by atoms with Gasteiger partial charge in [0.25, 0.3) is 5.91 Å². The van der Waals surface area contributed by atoms with Crippen LogP contribution in [0.15, 0.2) is 48.9 Å².